The standard InChI is InChI=1S/C19H16Cl2N4O2/c1-2-27-14-8-6-12(7-9-14)16-10-17(24-23-16)19(26)25-22-11-13-4-3-5-15(20)18(13)21/h3-11H,2H2,1H3,(H,23,24)(H,25,26). The van der Waals surface area contributed by atoms with E-state index < -0.39 is 5.91 Å². The zero-order valence-electron chi connectivity index (χ0n) is 14.4. The Morgan fingerprint density at radius 1 is 1.26 bits per heavy atom. The molecule has 6 nitrogen and oxygen atoms in total. The number of hydrogen-bond acceptors (Lipinski definition) is 4. The van der Waals surface area contributed by atoms with Crippen molar-refractivity contribution in [1.29, 1.82) is 0 Å². The van der Waals surface area contributed by atoms with E-state index in [1.807, 2.05) is 31.2 Å². The van der Waals surface area contributed by atoms with Crippen molar-refractivity contribution in [3.05, 3.63) is 69.8 Å². The van der Waals surface area contributed by atoms with Crippen molar-refractivity contribution in [2.24, 2.45) is 5.10 Å². The number of aromatic amines is 1. The number of nitrogens with one attached hydrogen (secondary N) is 2. The van der Waals surface area contributed by atoms with Crippen LogP contribution in [0, 0.1) is 0 Å². The average Bonchev–Trinajstić information content (AvgIpc) is 3.16. The molecule has 0 atom stereocenters. The zero-order chi connectivity index (χ0) is 19.2. The van der Waals surface area contributed by atoms with Crippen LogP contribution >= 0.6 is 23.2 Å². The van der Waals surface area contributed by atoms with Gasteiger partial charge in [0.1, 0.15) is 11.4 Å². The molecule has 0 aliphatic carbocycles. The Kier molecular flexibility index (Phi) is 6.11. The van der Waals surface area contributed by atoms with E-state index in [1.54, 1.807) is 24.3 Å². The average molecular weight is 403 g/mol. The SMILES string of the molecule is CCOc1ccc(-c2cc(C(=O)NN=Cc3cccc(Cl)c3Cl)[nH]n2)cc1. The second-order valence-corrected chi connectivity index (χ2v) is 6.25. The summed E-state index contributed by atoms with van der Waals surface area (Å²) in [5.41, 5.74) is 4.82. The lowest BCUT2D eigenvalue weighted by Crippen LogP contribution is -2.18. The van der Waals surface area contributed by atoms with Gasteiger partial charge in [-0.05, 0) is 43.3 Å². The summed E-state index contributed by atoms with van der Waals surface area (Å²) in [6.07, 6.45) is 1.43. The van der Waals surface area contributed by atoms with Gasteiger partial charge in [0.2, 0.25) is 0 Å². The lowest BCUT2D eigenvalue weighted by atomic mass is 10.1. The molecule has 0 saturated carbocycles. The second kappa shape index (κ2) is 8.70. The number of nitrogens with zero attached hydrogens (tertiary/aromatic N) is 2. The van der Waals surface area contributed by atoms with Crippen molar-refractivity contribution in [3.8, 4) is 17.0 Å². The Bertz CT molecular complexity index is 968. The first kappa shape index (κ1) is 18.9. The van der Waals surface area contributed by atoms with E-state index >= 15 is 0 Å². The minimum absolute atomic E-state index is 0.285. The van der Waals surface area contributed by atoms with Gasteiger partial charge in [0, 0.05) is 11.1 Å². The van der Waals surface area contributed by atoms with E-state index in [2.05, 4.69) is 20.7 Å². The van der Waals surface area contributed by atoms with Gasteiger partial charge in [-0.1, -0.05) is 35.3 Å². The van der Waals surface area contributed by atoms with Crippen LogP contribution in [0.25, 0.3) is 11.3 Å². The minimum atomic E-state index is -0.422. The van der Waals surface area contributed by atoms with Crippen LogP contribution in [-0.4, -0.2) is 28.9 Å². The number of rotatable bonds is 6. The van der Waals surface area contributed by atoms with E-state index in [0.717, 1.165) is 11.3 Å². The van der Waals surface area contributed by atoms with Crippen LogP contribution in [0.3, 0.4) is 0 Å². The molecule has 3 aromatic rings. The Labute approximate surface area is 166 Å². The third kappa shape index (κ3) is 4.67. The predicted octanol–water partition coefficient (Wildman–Crippen LogP) is 4.55. The van der Waals surface area contributed by atoms with E-state index in [0.29, 0.717) is 27.9 Å². The Morgan fingerprint density at radius 3 is 2.78 bits per heavy atom. The van der Waals surface area contributed by atoms with E-state index in [-0.39, 0.29) is 5.69 Å². The van der Waals surface area contributed by atoms with Crippen molar-refractivity contribution < 1.29 is 9.53 Å². The van der Waals surface area contributed by atoms with Gasteiger partial charge in [-0.3, -0.25) is 9.89 Å². The number of aromatic nitrogens is 2. The molecule has 1 amide bonds. The largest absolute Gasteiger partial charge is 0.494 e. The molecule has 3 rings (SSSR count). The summed E-state index contributed by atoms with van der Waals surface area (Å²) in [4.78, 5) is 12.2. The van der Waals surface area contributed by atoms with Crippen molar-refractivity contribution in [3.63, 3.8) is 0 Å². The van der Waals surface area contributed by atoms with Crippen LogP contribution < -0.4 is 10.2 Å². The fourth-order valence-corrected chi connectivity index (χ4v) is 2.67. The molecule has 0 spiro atoms. The quantitative estimate of drug-likeness (QED) is 0.468. The fraction of sp³-hybridized carbons (Fsp3) is 0.105. The van der Waals surface area contributed by atoms with Gasteiger partial charge in [0.15, 0.2) is 0 Å². The summed E-state index contributed by atoms with van der Waals surface area (Å²) in [7, 11) is 0. The molecule has 0 bridgehead atoms. The fourth-order valence-electron chi connectivity index (χ4n) is 2.32. The Morgan fingerprint density at radius 2 is 2.04 bits per heavy atom. The lowest BCUT2D eigenvalue weighted by Gasteiger charge is -2.02. The number of amides is 1. The summed E-state index contributed by atoms with van der Waals surface area (Å²) in [5, 5.41) is 11.5. The van der Waals surface area contributed by atoms with Crippen LogP contribution in [0.1, 0.15) is 23.0 Å². The maximum Gasteiger partial charge on any atom is 0.289 e. The molecule has 1 heterocycles. The van der Waals surface area contributed by atoms with Gasteiger partial charge in [-0.2, -0.15) is 10.2 Å². The predicted molar refractivity (Wildman–Crippen MR) is 107 cm³/mol. The molecule has 0 saturated heterocycles. The summed E-state index contributed by atoms with van der Waals surface area (Å²) in [5.74, 6) is 0.359. The first-order valence-electron chi connectivity index (χ1n) is 8.14. The number of halogens is 2. The van der Waals surface area contributed by atoms with Crippen molar-refractivity contribution >= 4 is 35.3 Å². The van der Waals surface area contributed by atoms with Gasteiger partial charge < -0.3 is 4.74 Å². The molecule has 2 N–H and O–H groups in total. The van der Waals surface area contributed by atoms with Crippen LogP contribution in [0.4, 0.5) is 0 Å². The van der Waals surface area contributed by atoms with Crippen molar-refractivity contribution in [2.45, 2.75) is 6.92 Å². The van der Waals surface area contributed by atoms with Gasteiger partial charge in [0.25, 0.3) is 5.91 Å². The number of carbonyl (C=O) groups excluding carboxylic acids is 1. The van der Waals surface area contributed by atoms with Gasteiger partial charge >= 0.3 is 0 Å². The maximum absolute atomic E-state index is 12.2. The van der Waals surface area contributed by atoms with Gasteiger partial charge in [0.05, 0.1) is 28.6 Å². The van der Waals surface area contributed by atoms with E-state index in [4.69, 9.17) is 27.9 Å². The summed E-state index contributed by atoms with van der Waals surface area (Å²) in [6.45, 7) is 2.53. The van der Waals surface area contributed by atoms with Crippen molar-refractivity contribution in [2.75, 3.05) is 6.61 Å². The van der Waals surface area contributed by atoms with Crippen LogP contribution in [0.5, 0.6) is 5.75 Å². The number of benzene rings is 2. The van der Waals surface area contributed by atoms with Gasteiger partial charge in [-0.15, -0.1) is 0 Å². The topological polar surface area (TPSA) is 79.4 Å². The van der Waals surface area contributed by atoms with Crippen LogP contribution in [0.2, 0.25) is 10.0 Å². The minimum Gasteiger partial charge on any atom is -0.494 e. The lowest BCUT2D eigenvalue weighted by molar-refractivity contribution is 0.0950. The normalized spacial score (nSPS) is 10.9. The molecule has 8 heteroatoms. The molecule has 0 aliphatic heterocycles. The highest BCUT2D eigenvalue weighted by Crippen LogP contribution is 2.24. The smallest absolute Gasteiger partial charge is 0.289 e. The monoisotopic (exact) mass is 402 g/mol. The number of hydrogen-bond donors (Lipinski definition) is 2. The summed E-state index contributed by atoms with van der Waals surface area (Å²) >= 11 is 12.0. The molecule has 0 unspecified atom stereocenters. The third-order valence-corrected chi connectivity index (χ3v) is 4.47. The third-order valence-electron chi connectivity index (χ3n) is 3.63. The van der Waals surface area contributed by atoms with Crippen LogP contribution in [0.15, 0.2) is 53.6 Å². The highest BCUT2D eigenvalue weighted by molar-refractivity contribution is 6.43. The molecule has 27 heavy (non-hydrogen) atoms. The zero-order valence-corrected chi connectivity index (χ0v) is 15.9. The number of H-pyrrole nitrogens is 1. The molecule has 138 valence electrons. The summed E-state index contributed by atoms with van der Waals surface area (Å²) in [6, 6.07) is 14.3. The number of ether oxygens (including phenoxy) is 1. The van der Waals surface area contributed by atoms with E-state index in [1.165, 1.54) is 6.21 Å². The Balaban J connectivity index is 1.66. The molecular formula is C19H16Cl2N4O2. The first-order chi connectivity index (χ1) is 13.1. The van der Waals surface area contributed by atoms with Crippen LogP contribution in [-0.2, 0) is 0 Å². The number of carbonyl (C=O) groups is 1. The molecule has 0 radical (unpaired) electrons. The van der Waals surface area contributed by atoms with Gasteiger partial charge in [-0.25, -0.2) is 5.43 Å². The van der Waals surface area contributed by atoms with Crippen molar-refractivity contribution in [1.82, 2.24) is 15.6 Å². The molecular weight excluding hydrogens is 387 g/mol. The van der Waals surface area contributed by atoms with E-state index in [9.17, 15) is 4.79 Å². The highest BCUT2D eigenvalue weighted by atomic mass is 35.5. The number of hydrazone groups is 1. The molecule has 0 fully saturated rings. The Hall–Kier alpha value is -2.83. The molecule has 1 aromatic heterocycles. The highest BCUT2D eigenvalue weighted by Gasteiger charge is 2.10. The summed E-state index contributed by atoms with van der Waals surface area (Å²) < 4.78 is 5.41. The maximum atomic E-state index is 12.2. The molecule has 2 aromatic carbocycles. The second-order valence-electron chi connectivity index (χ2n) is 5.47. The molecule has 0 aliphatic rings. The first-order valence-corrected chi connectivity index (χ1v) is 8.90.